The topological polar surface area (TPSA) is 80.9 Å². The molecule has 130 valence electrons. The second kappa shape index (κ2) is 6.28. The van der Waals surface area contributed by atoms with Crippen molar-refractivity contribution in [3.05, 3.63) is 52.2 Å². The fourth-order valence-corrected chi connectivity index (χ4v) is 3.02. The number of carboxylic acids is 1. The van der Waals surface area contributed by atoms with Crippen LogP contribution in [0.25, 0.3) is 10.7 Å². The maximum Gasteiger partial charge on any atom is 0.416 e. The van der Waals surface area contributed by atoms with Gasteiger partial charge in [-0.25, -0.2) is 14.5 Å². The first-order chi connectivity index (χ1) is 11.7. The van der Waals surface area contributed by atoms with Gasteiger partial charge in [0, 0.05) is 0 Å². The molecule has 0 saturated carbocycles. The Labute approximate surface area is 143 Å². The number of hydrogen-bond acceptors (Lipinski definition) is 5. The number of thiazole rings is 1. The van der Waals surface area contributed by atoms with Crippen LogP contribution in [0.5, 0.6) is 0 Å². The van der Waals surface area contributed by atoms with Gasteiger partial charge < -0.3 is 5.11 Å². The van der Waals surface area contributed by atoms with Crippen molar-refractivity contribution in [2.24, 2.45) is 0 Å². The summed E-state index contributed by atoms with van der Waals surface area (Å²) in [5, 5.41) is 17.3. The summed E-state index contributed by atoms with van der Waals surface area (Å²) >= 11 is 0.994. The third-order valence-corrected chi connectivity index (χ3v) is 4.54. The molecule has 10 heteroatoms. The average Bonchev–Trinajstić information content (AvgIpc) is 3.13. The molecule has 0 aliphatic carbocycles. The van der Waals surface area contributed by atoms with Crippen LogP contribution in [0.4, 0.5) is 13.2 Å². The Morgan fingerprint density at radius 2 is 1.96 bits per heavy atom. The number of benzene rings is 1. The minimum atomic E-state index is -4.37. The lowest BCUT2D eigenvalue weighted by atomic mass is 10.1. The van der Waals surface area contributed by atoms with Crippen molar-refractivity contribution in [2.45, 2.75) is 19.6 Å². The van der Waals surface area contributed by atoms with E-state index in [0.717, 1.165) is 23.5 Å². The molecular formula is C15H11F3N4O2S. The zero-order valence-electron chi connectivity index (χ0n) is 12.8. The average molecular weight is 368 g/mol. The van der Waals surface area contributed by atoms with Gasteiger partial charge >= 0.3 is 12.1 Å². The SMILES string of the molecule is Cc1nc(-c2cn(Cc3ccc(C(F)(F)F)cc3)nn2)sc1C(=O)O. The largest absolute Gasteiger partial charge is 0.477 e. The first kappa shape index (κ1) is 17.1. The number of nitrogens with zero attached hydrogens (tertiary/aromatic N) is 4. The van der Waals surface area contributed by atoms with Crippen LogP contribution in [0.2, 0.25) is 0 Å². The van der Waals surface area contributed by atoms with Crippen LogP contribution in [-0.2, 0) is 12.7 Å². The monoisotopic (exact) mass is 368 g/mol. The lowest BCUT2D eigenvalue weighted by Gasteiger charge is -2.07. The van der Waals surface area contributed by atoms with Gasteiger partial charge in [0.2, 0.25) is 0 Å². The summed E-state index contributed by atoms with van der Waals surface area (Å²) in [6.07, 6.45) is -2.80. The van der Waals surface area contributed by atoms with E-state index in [-0.39, 0.29) is 11.4 Å². The predicted molar refractivity (Wildman–Crippen MR) is 83.4 cm³/mol. The van der Waals surface area contributed by atoms with Crippen molar-refractivity contribution in [3.8, 4) is 10.7 Å². The van der Waals surface area contributed by atoms with Gasteiger partial charge in [0.25, 0.3) is 0 Å². The summed E-state index contributed by atoms with van der Waals surface area (Å²) in [5.41, 5.74) is 0.721. The number of aryl methyl sites for hydroxylation is 1. The first-order valence-electron chi connectivity index (χ1n) is 7.01. The zero-order chi connectivity index (χ0) is 18.2. The molecule has 1 aromatic carbocycles. The lowest BCUT2D eigenvalue weighted by molar-refractivity contribution is -0.137. The Morgan fingerprint density at radius 3 is 2.52 bits per heavy atom. The molecule has 0 aliphatic heterocycles. The van der Waals surface area contributed by atoms with Gasteiger partial charge in [0.15, 0.2) is 0 Å². The van der Waals surface area contributed by atoms with Crippen LogP contribution in [0.15, 0.2) is 30.5 Å². The molecule has 0 spiro atoms. The van der Waals surface area contributed by atoms with Crippen molar-refractivity contribution in [3.63, 3.8) is 0 Å². The van der Waals surface area contributed by atoms with E-state index < -0.39 is 17.7 Å². The van der Waals surface area contributed by atoms with Gasteiger partial charge in [0.05, 0.1) is 24.0 Å². The fourth-order valence-electron chi connectivity index (χ4n) is 2.16. The van der Waals surface area contributed by atoms with Gasteiger partial charge in [-0.3, -0.25) is 0 Å². The number of alkyl halides is 3. The van der Waals surface area contributed by atoms with E-state index in [0.29, 0.717) is 22.0 Å². The van der Waals surface area contributed by atoms with Crippen LogP contribution in [0.1, 0.15) is 26.5 Å². The molecule has 1 N–H and O–H groups in total. The molecule has 0 atom stereocenters. The van der Waals surface area contributed by atoms with Gasteiger partial charge in [-0.05, 0) is 24.6 Å². The highest BCUT2D eigenvalue weighted by Gasteiger charge is 2.29. The van der Waals surface area contributed by atoms with Gasteiger partial charge in [0.1, 0.15) is 15.6 Å². The van der Waals surface area contributed by atoms with E-state index in [9.17, 15) is 18.0 Å². The molecule has 2 heterocycles. The maximum atomic E-state index is 12.6. The Bertz CT molecular complexity index is 916. The van der Waals surface area contributed by atoms with Gasteiger partial charge in [-0.15, -0.1) is 16.4 Å². The van der Waals surface area contributed by atoms with E-state index >= 15 is 0 Å². The smallest absolute Gasteiger partial charge is 0.416 e. The predicted octanol–water partition coefficient (Wildman–Crippen LogP) is 3.48. The molecule has 25 heavy (non-hydrogen) atoms. The normalized spacial score (nSPS) is 11.7. The van der Waals surface area contributed by atoms with Crippen LogP contribution in [-0.4, -0.2) is 31.1 Å². The molecule has 0 amide bonds. The highest BCUT2D eigenvalue weighted by atomic mass is 32.1. The van der Waals surface area contributed by atoms with Crippen molar-refractivity contribution in [2.75, 3.05) is 0 Å². The second-order valence-electron chi connectivity index (χ2n) is 5.23. The van der Waals surface area contributed by atoms with Gasteiger partial charge in [-0.2, -0.15) is 13.2 Å². The molecule has 0 radical (unpaired) electrons. The standard InChI is InChI=1S/C15H11F3N4O2S/c1-8-12(14(23)24)25-13(19-8)11-7-22(21-20-11)6-9-2-4-10(5-3-9)15(16,17)18/h2-5,7H,6H2,1H3,(H,23,24). The van der Waals surface area contributed by atoms with Crippen molar-refractivity contribution in [1.29, 1.82) is 0 Å². The Hall–Kier alpha value is -2.75. The van der Waals surface area contributed by atoms with E-state index in [1.54, 1.807) is 13.1 Å². The molecule has 3 rings (SSSR count). The number of halogens is 3. The third-order valence-electron chi connectivity index (χ3n) is 3.37. The molecule has 0 aliphatic rings. The first-order valence-corrected chi connectivity index (χ1v) is 7.83. The highest BCUT2D eigenvalue weighted by Crippen LogP contribution is 2.29. The van der Waals surface area contributed by atoms with Crippen molar-refractivity contribution in [1.82, 2.24) is 20.0 Å². The van der Waals surface area contributed by atoms with Crippen LogP contribution in [0, 0.1) is 6.92 Å². The quantitative estimate of drug-likeness (QED) is 0.763. The number of carboxylic acid groups (broad SMARTS) is 1. The number of aromatic nitrogens is 4. The zero-order valence-corrected chi connectivity index (χ0v) is 13.6. The summed E-state index contributed by atoms with van der Waals surface area (Å²) in [6, 6.07) is 4.77. The summed E-state index contributed by atoms with van der Waals surface area (Å²) in [7, 11) is 0. The minimum Gasteiger partial charge on any atom is -0.477 e. The van der Waals surface area contributed by atoms with E-state index in [2.05, 4.69) is 15.3 Å². The van der Waals surface area contributed by atoms with Gasteiger partial charge in [-0.1, -0.05) is 17.3 Å². The summed E-state index contributed by atoms with van der Waals surface area (Å²) < 4.78 is 39.1. The number of hydrogen-bond donors (Lipinski definition) is 1. The minimum absolute atomic E-state index is 0.132. The Morgan fingerprint density at radius 1 is 1.28 bits per heavy atom. The highest BCUT2D eigenvalue weighted by molar-refractivity contribution is 7.16. The molecular weight excluding hydrogens is 357 g/mol. The van der Waals surface area contributed by atoms with Crippen molar-refractivity contribution >= 4 is 17.3 Å². The number of rotatable bonds is 4. The molecule has 2 aromatic heterocycles. The van der Waals surface area contributed by atoms with Crippen LogP contribution < -0.4 is 0 Å². The maximum absolute atomic E-state index is 12.6. The Kier molecular flexibility index (Phi) is 4.29. The molecule has 0 bridgehead atoms. The van der Waals surface area contributed by atoms with Crippen LogP contribution >= 0.6 is 11.3 Å². The Balaban J connectivity index is 1.78. The molecule has 3 aromatic rings. The van der Waals surface area contributed by atoms with Crippen LogP contribution in [0.3, 0.4) is 0 Å². The second-order valence-corrected chi connectivity index (χ2v) is 6.23. The van der Waals surface area contributed by atoms with Crippen molar-refractivity contribution < 1.29 is 23.1 Å². The van der Waals surface area contributed by atoms with E-state index in [1.165, 1.54) is 16.8 Å². The fraction of sp³-hybridized carbons (Fsp3) is 0.200. The number of aromatic carboxylic acids is 1. The lowest BCUT2D eigenvalue weighted by Crippen LogP contribution is -2.05. The molecule has 6 nitrogen and oxygen atoms in total. The molecule has 0 unspecified atom stereocenters. The molecule has 0 fully saturated rings. The molecule has 0 saturated heterocycles. The summed E-state index contributed by atoms with van der Waals surface area (Å²) in [6.45, 7) is 1.83. The summed E-state index contributed by atoms with van der Waals surface area (Å²) in [5.74, 6) is -1.06. The number of carbonyl (C=O) groups is 1. The van der Waals surface area contributed by atoms with E-state index in [4.69, 9.17) is 5.11 Å². The summed E-state index contributed by atoms with van der Waals surface area (Å²) in [4.78, 5) is 15.3. The third kappa shape index (κ3) is 3.68. The van der Waals surface area contributed by atoms with E-state index in [1.807, 2.05) is 0 Å².